The number of alkyl halides is 3. The minimum Gasteiger partial charge on any atom is -0.213 e. The monoisotopic (exact) mass is 369 g/mol. The summed E-state index contributed by atoms with van der Waals surface area (Å²) in [4.78, 5) is 6.92. The topological polar surface area (TPSA) is 80.7 Å². The second kappa shape index (κ2) is 6.59. The number of thioether (sulfide) groups is 1. The van der Waals surface area contributed by atoms with Gasteiger partial charge in [-0.3, -0.25) is 0 Å². The van der Waals surface area contributed by atoms with Crippen LogP contribution in [-0.2, 0) is 18.9 Å². The highest BCUT2D eigenvalue weighted by molar-refractivity contribution is 8.00. The Labute approximate surface area is 122 Å². The Morgan fingerprint density at radius 3 is 2.50 bits per heavy atom. The SMILES string of the molecule is O=[P+](O)COS(=O)(=O)c1c(Cl)cccc1SC(F)(F)F. The third kappa shape index (κ3) is 5.19. The molecule has 12 heteroatoms. The Morgan fingerprint density at radius 1 is 1.40 bits per heavy atom. The third-order valence-electron chi connectivity index (χ3n) is 1.72. The van der Waals surface area contributed by atoms with E-state index in [1.54, 1.807) is 0 Å². The van der Waals surface area contributed by atoms with Gasteiger partial charge in [0, 0.05) is 4.90 Å². The number of benzene rings is 1. The highest BCUT2D eigenvalue weighted by atomic mass is 35.5. The number of halogens is 4. The zero-order chi connectivity index (χ0) is 15.6. The summed E-state index contributed by atoms with van der Waals surface area (Å²) in [6, 6.07) is 3.11. The van der Waals surface area contributed by atoms with Gasteiger partial charge in [-0.1, -0.05) is 17.7 Å². The summed E-state index contributed by atoms with van der Waals surface area (Å²) in [6.07, 6.45) is -1.07. The van der Waals surface area contributed by atoms with Gasteiger partial charge in [-0.05, 0) is 28.5 Å². The Balaban J connectivity index is 3.25. The summed E-state index contributed by atoms with van der Waals surface area (Å²) in [5.41, 5.74) is -4.73. The molecule has 5 nitrogen and oxygen atoms in total. The standard InChI is InChI=1S/C8H5ClF3O5PS2/c9-5-2-1-3-6(19-8(10,11)12)7(5)20(15,16)17-4-18(13)14/h1-3H,4H2/p+1. The number of hydrogen-bond donors (Lipinski definition) is 1. The maximum atomic E-state index is 12.4. The van der Waals surface area contributed by atoms with Crippen LogP contribution in [0.15, 0.2) is 28.0 Å². The summed E-state index contributed by atoms with van der Waals surface area (Å²) < 4.78 is 75.1. The maximum absolute atomic E-state index is 12.4. The van der Waals surface area contributed by atoms with Crippen molar-refractivity contribution in [3.05, 3.63) is 23.2 Å². The fourth-order valence-electron chi connectivity index (χ4n) is 1.11. The largest absolute Gasteiger partial charge is 0.535 e. The van der Waals surface area contributed by atoms with Crippen LogP contribution in [0.4, 0.5) is 13.2 Å². The minimum atomic E-state index is -4.73. The van der Waals surface area contributed by atoms with E-state index < -0.39 is 56.6 Å². The van der Waals surface area contributed by atoms with Crippen LogP contribution in [-0.4, -0.2) is 25.2 Å². The van der Waals surface area contributed by atoms with Gasteiger partial charge in [-0.15, -0.1) is 0 Å². The highest BCUT2D eigenvalue weighted by Gasteiger charge is 2.35. The van der Waals surface area contributed by atoms with Gasteiger partial charge < -0.3 is 0 Å². The first-order valence-electron chi connectivity index (χ1n) is 4.60. The van der Waals surface area contributed by atoms with Crippen molar-refractivity contribution in [3.63, 3.8) is 0 Å². The molecule has 0 aromatic heterocycles. The van der Waals surface area contributed by atoms with E-state index in [1.807, 2.05) is 0 Å². The van der Waals surface area contributed by atoms with E-state index in [9.17, 15) is 26.2 Å². The van der Waals surface area contributed by atoms with Crippen molar-refractivity contribution in [1.82, 2.24) is 0 Å². The van der Waals surface area contributed by atoms with E-state index in [-0.39, 0.29) is 0 Å². The maximum Gasteiger partial charge on any atom is 0.535 e. The fourth-order valence-corrected chi connectivity index (χ4v) is 4.31. The van der Waals surface area contributed by atoms with Crippen molar-refractivity contribution < 1.29 is 35.2 Å². The van der Waals surface area contributed by atoms with E-state index in [4.69, 9.17) is 16.5 Å². The van der Waals surface area contributed by atoms with E-state index >= 15 is 0 Å². The molecular formula is C8H6ClF3O5PS2+. The van der Waals surface area contributed by atoms with Crippen LogP contribution >= 0.6 is 31.4 Å². The molecule has 1 aromatic rings. The van der Waals surface area contributed by atoms with Gasteiger partial charge in [0.15, 0.2) is 0 Å². The molecule has 0 radical (unpaired) electrons. The smallest absolute Gasteiger partial charge is 0.213 e. The molecule has 0 spiro atoms. The van der Waals surface area contributed by atoms with Crippen LogP contribution in [0.1, 0.15) is 0 Å². The lowest BCUT2D eigenvalue weighted by Gasteiger charge is -2.11. The molecule has 1 unspecified atom stereocenters. The van der Waals surface area contributed by atoms with Crippen LogP contribution in [0.25, 0.3) is 0 Å². The molecule has 112 valence electrons. The van der Waals surface area contributed by atoms with Crippen LogP contribution in [0.5, 0.6) is 0 Å². The first-order chi connectivity index (χ1) is 9.03. The predicted molar refractivity (Wildman–Crippen MR) is 66.3 cm³/mol. The minimum absolute atomic E-state index is 0.479. The molecule has 20 heavy (non-hydrogen) atoms. The Kier molecular flexibility index (Phi) is 5.82. The molecule has 1 rings (SSSR count). The average Bonchev–Trinajstić information content (AvgIpc) is 2.24. The molecule has 0 heterocycles. The van der Waals surface area contributed by atoms with Crippen molar-refractivity contribution in [2.75, 3.05) is 6.35 Å². The van der Waals surface area contributed by atoms with E-state index in [2.05, 4.69) is 4.18 Å². The lowest BCUT2D eigenvalue weighted by Crippen LogP contribution is -2.10. The van der Waals surface area contributed by atoms with Gasteiger partial charge in [-0.2, -0.15) is 26.5 Å². The van der Waals surface area contributed by atoms with Gasteiger partial charge in [0.25, 0.3) is 6.35 Å². The van der Waals surface area contributed by atoms with Gasteiger partial charge in [0.05, 0.1) is 5.02 Å². The second-order valence-electron chi connectivity index (χ2n) is 3.17. The molecule has 0 saturated heterocycles. The highest BCUT2D eigenvalue weighted by Crippen LogP contribution is 2.42. The van der Waals surface area contributed by atoms with Crippen LogP contribution < -0.4 is 0 Å². The van der Waals surface area contributed by atoms with Gasteiger partial charge in [0.2, 0.25) is 0 Å². The summed E-state index contributed by atoms with van der Waals surface area (Å²) in [7, 11) is -7.61. The van der Waals surface area contributed by atoms with Crippen molar-refractivity contribution in [2.24, 2.45) is 0 Å². The quantitative estimate of drug-likeness (QED) is 0.487. The van der Waals surface area contributed by atoms with E-state index in [1.165, 1.54) is 0 Å². The summed E-state index contributed by atoms with van der Waals surface area (Å²) in [5, 5.41) is -0.479. The Hall–Kier alpha value is -0.380. The molecule has 0 saturated carbocycles. The molecule has 0 aliphatic heterocycles. The first-order valence-corrected chi connectivity index (χ1v) is 8.60. The normalized spacial score (nSPS) is 13.3. The van der Waals surface area contributed by atoms with E-state index in [0.717, 1.165) is 18.2 Å². The number of rotatable bonds is 5. The summed E-state index contributed by atoms with van der Waals surface area (Å²) in [5.74, 6) is 0. The summed E-state index contributed by atoms with van der Waals surface area (Å²) >= 11 is 4.91. The fraction of sp³-hybridized carbons (Fsp3) is 0.250. The molecule has 0 aliphatic rings. The molecule has 0 bridgehead atoms. The molecular weight excluding hydrogens is 364 g/mol. The molecule has 0 fully saturated rings. The first kappa shape index (κ1) is 17.7. The van der Waals surface area contributed by atoms with Gasteiger partial charge in [0.1, 0.15) is 4.90 Å². The molecule has 1 N–H and O–H groups in total. The lowest BCUT2D eigenvalue weighted by atomic mass is 10.4. The van der Waals surface area contributed by atoms with Crippen molar-refractivity contribution in [3.8, 4) is 0 Å². The van der Waals surface area contributed by atoms with Crippen LogP contribution in [0, 0.1) is 0 Å². The zero-order valence-electron chi connectivity index (χ0n) is 9.29. The molecule has 0 aliphatic carbocycles. The molecule has 1 aromatic carbocycles. The third-order valence-corrected chi connectivity index (χ3v) is 4.97. The second-order valence-corrected chi connectivity index (χ2v) is 7.20. The molecule has 1 atom stereocenters. The van der Waals surface area contributed by atoms with Gasteiger partial charge in [-0.25, -0.2) is 4.18 Å². The Bertz CT molecular complexity index is 619. The van der Waals surface area contributed by atoms with Crippen molar-refractivity contribution >= 4 is 41.5 Å². The van der Waals surface area contributed by atoms with Crippen molar-refractivity contribution in [1.29, 1.82) is 0 Å². The average molecular weight is 370 g/mol. The Morgan fingerprint density at radius 2 is 2.00 bits per heavy atom. The van der Waals surface area contributed by atoms with Crippen LogP contribution in [0.2, 0.25) is 5.02 Å². The van der Waals surface area contributed by atoms with Crippen LogP contribution in [0.3, 0.4) is 0 Å². The lowest BCUT2D eigenvalue weighted by molar-refractivity contribution is -0.0329. The summed E-state index contributed by atoms with van der Waals surface area (Å²) in [6.45, 7) is 0. The number of hydrogen-bond acceptors (Lipinski definition) is 5. The van der Waals surface area contributed by atoms with Crippen molar-refractivity contribution in [2.45, 2.75) is 15.3 Å². The molecule has 0 amide bonds. The van der Waals surface area contributed by atoms with E-state index in [0.29, 0.717) is 0 Å². The zero-order valence-corrected chi connectivity index (χ0v) is 12.6. The van der Waals surface area contributed by atoms with Gasteiger partial charge >= 0.3 is 23.7 Å². The predicted octanol–water partition coefficient (Wildman–Crippen LogP) is 3.35.